The Labute approximate surface area is 90.0 Å². The van der Waals surface area contributed by atoms with Crippen LogP contribution in [0.4, 0.5) is 5.69 Å². The van der Waals surface area contributed by atoms with Crippen LogP contribution >= 0.6 is 0 Å². The van der Waals surface area contributed by atoms with Gasteiger partial charge >= 0.3 is 0 Å². The highest BCUT2D eigenvalue weighted by molar-refractivity contribution is 6.00. The van der Waals surface area contributed by atoms with Gasteiger partial charge in [0.1, 0.15) is 6.61 Å². The Bertz CT molecular complexity index is 422. The Balaban J connectivity index is 2.44. The lowest BCUT2D eigenvalue weighted by Crippen LogP contribution is -2.17. The van der Waals surface area contributed by atoms with Gasteiger partial charge in [-0.1, -0.05) is 12.1 Å². The van der Waals surface area contributed by atoms with Crippen LogP contribution in [-0.2, 0) is 4.74 Å². The lowest BCUT2D eigenvalue weighted by Gasteiger charge is -2.07. The first kappa shape index (κ1) is 10.0. The van der Waals surface area contributed by atoms with Gasteiger partial charge in [-0.05, 0) is 32.4 Å². The number of para-hydroxylation sites is 1. The molecule has 0 unspecified atom stereocenters. The number of nitrogens with two attached hydrogens (primary N) is 1. The third kappa shape index (κ3) is 1.82. The van der Waals surface area contributed by atoms with E-state index in [1.165, 1.54) is 0 Å². The average molecular weight is 204 g/mol. The molecule has 1 aliphatic heterocycles. The number of benzene rings is 1. The molecule has 1 aromatic carbocycles. The summed E-state index contributed by atoms with van der Waals surface area (Å²) in [4.78, 5) is 4.51. The number of hydrogen-bond donors (Lipinski definition) is 1. The number of aliphatic imine (C=N–C) groups is 1. The molecule has 1 aliphatic rings. The maximum Gasteiger partial charge on any atom is 0.218 e. The van der Waals surface area contributed by atoms with Crippen LogP contribution in [0.3, 0.4) is 0 Å². The standard InChI is InChI=1S/C12H16N2O/c1-8-5-4-6-9(10(8)13)11-14-12(2,3)7-15-11/h4-6H,7,13H2,1-3H3. The second-order valence-corrected chi connectivity index (χ2v) is 4.55. The van der Waals surface area contributed by atoms with Crippen LogP contribution in [0.2, 0.25) is 0 Å². The lowest BCUT2D eigenvalue weighted by atomic mass is 10.1. The van der Waals surface area contributed by atoms with Crippen molar-refractivity contribution < 1.29 is 4.74 Å². The highest BCUT2D eigenvalue weighted by Crippen LogP contribution is 2.25. The minimum absolute atomic E-state index is 0.133. The van der Waals surface area contributed by atoms with E-state index in [1.54, 1.807) is 0 Å². The summed E-state index contributed by atoms with van der Waals surface area (Å²) in [6, 6.07) is 5.90. The fourth-order valence-corrected chi connectivity index (χ4v) is 1.59. The lowest BCUT2D eigenvalue weighted by molar-refractivity contribution is 0.279. The Morgan fingerprint density at radius 3 is 2.73 bits per heavy atom. The first-order valence-electron chi connectivity index (χ1n) is 5.08. The molecule has 0 aromatic heterocycles. The predicted molar refractivity (Wildman–Crippen MR) is 62.2 cm³/mol. The van der Waals surface area contributed by atoms with Crippen LogP contribution in [0.15, 0.2) is 23.2 Å². The molecule has 0 atom stereocenters. The molecule has 0 saturated heterocycles. The number of rotatable bonds is 1. The summed E-state index contributed by atoms with van der Waals surface area (Å²) < 4.78 is 5.56. The maximum absolute atomic E-state index is 5.99. The molecule has 0 amide bonds. The summed E-state index contributed by atoms with van der Waals surface area (Å²) in [5.74, 6) is 0.668. The van der Waals surface area contributed by atoms with E-state index in [0.29, 0.717) is 12.5 Å². The van der Waals surface area contributed by atoms with Gasteiger partial charge in [-0.25, -0.2) is 4.99 Å². The average Bonchev–Trinajstić information content (AvgIpc) is 2.51. The second-order valence-electron chi connectivity index (χ2n) is 4.55. The molecule has 3 heteroatoms. The summed E-state index contributed by atoms with van der Waals surface area (Å²) >= 11 is 0. The number of nitrogen functional groups attached to an aromatic ring is 1. The molecule has 1 aromatic rings. The molecule has 0 saturated carbocycles. The molecule has 0 radical (unpaired) electrons. The number of nitrogens with zero attached hydrogens (tertiary/aromatic N) is 1. The Hall–Kier alpha value is -1.51. The molecule has 0 spiro atoms. The van der Waals surface area contributed by atoms with Gasteiger partial charge in [-0.3, -0.25) is 0 Å². The van der Waals surface area contributed by atoms with E-state index in [4.69, 9.17) is 10.5 Å². The normalized spacial score (nSPS) is 18.5. The zero-order chi connectivity index (χ0) is 11.1. The van der Waals surface area contributed by atoms with Gasteiger partial charge < -0.3 is 10.5 Å². The van der Waals surface area contributed by atoms with Crippen LogP contribution in [0.25, 0.3) is 0 Å². The highest BCUT2D eigenvalue weighted by atomic mass is 16.5. The SMILES string of the molecule is Cc1cccc(C2=NC(C)(C)CO2)c1N. The maximum atomic E-state index is 5.99. The van der Waals surface area contributed by atoms with Crippen molar-refractivity contribution in [3.63, 3.8) is 0 Å². The molecular formula is C12H16N2O. The molecule has 0 bridgehead atoms. The van der Waals surface area contributed by atoms with E-state index in [0.717, 1.165) is 16.8 Å². The second kappa shape index (κ2) is 3.26. The number of hydrogen-bond acceptors (Lipinski definition) is 3. The van der Waals surface area contributed by atoms with E-state index in [2.05, 4.69) is 4.99 Å². The predicted octanol–water partition coefficient (Wildman–Crippen LogP) is 2.13. The van der Waals surface area contributed by atoms with Crippen LogP contribution in [0.5, 0.6) is 0 Å². The quantitative estimate of drug-likeness (QED) is 0.712. The Morgan fingerprint density at radius 1 is 1.40 bits per heavy atom. The number of ether oxygens (including phenoxy) is 1. The van der Waals surface area contributed by atoms with E-state index < -0.39 is 0 Å². The molecular weight excluding hydrogens is 188 g/mol. The van der Waals surface area contributed by atoms with Gasteiger partial charge in [-0.2, -0.15) is 0 Å². The van der Waals surface area contributed by atoms with Crippen molar-refractivity contribution >= 4 is 11.6 Å². The molecule has 3 nitrogen and oxygen atoms in total. The topological polar surface area (TPSA) is 47.6 Å². The monoisotopic (exact) mass is 204 g/mol. The summed E-state index contributed by atoms with van der Waals surface area (Å²) in [7, 11) is 0. The van der Waals surface area contributed by atoms with Crippen molar-refractivity contribution in [2.75, 3.05) is 12.3 Å². The molecule has 2 rings (SSSR count). The van der Waals surface area contributed by atoms with Gasteiger partial charge in [0.15, 0.2) is 0 Å². The van der Waals surface area contributed by atoms with Gasteiger partial charge in [0, 0.05) is 5.69 Å². The van der Waals surface area contributed by atoms with Crippen molar-refractivity contribution in [1.29, 1.82) is 0 Å². The summed E-state index contributed by atoms with van der Waals surface area (Å²) in [5, 5.41) is 0. The van der Waals surface area contributed by atoms with Crippen molar-refractivity contribution in [1.82, 2.24) is 0 Å². The molecule has 2 N–H and O–H groups in total. The first-order valence-corrected chi connectivity index (χ1v) is 5.08. The van der Waals surface area contributed by atoms with Crippen molar-refractivity contribution in [3.05, 3.63) is 29.3 Å². The van der Waals surface area contributed by atoms with E-state index in [-0.39, 0.29) is 5.54 Å². The van der Waals surface area contributed by atoms with Crippen LogP contribution < -0.4 is 5.73 Å². The van der Waals surface area contributed by atoms with Gasteiger partial charge in [0.25, 0.3) is 0 Å². The third-order valence-electron chi connectivity index (χ3n) is 2.52. The number of aryl methyl sites for hydroxylation is 1. The molecule has 15 heavy (non-hydrogen) atoms. The molecule has 1 heterocycles. The zero-order valence-corrected chi connectivity index (χ0v) is 9.37. The molecule has 0 aliphatic carbocycles. The van der Waals surface area contributed by atoms with Gasteiger partial charge in [-0.15, -0.1) is 0 Å². The zero-order valence-electron chi connectivity index (χ0n) is 9.37. The van der Waals surface area contributed by atoms with Gasteiger partial charge in [0.2, 0.25) is 5.90 Å². The fourth-order valence-electron chi connectivity index (χ4n) is 1.59. The Morgan fingerprint density at radius 2 is 2.13 bits per heavy atom. The smallest absolute Gasteiger partial charge is 0.218 e. The van der Waals surface area contributed by atoms with E-state index in [9.17, 15) is 0 Å². The minimum Gasteiger partial charge on any atom is -0.475 e. The fraction of sp³-hybridized carbons (Fsp3) is 0.417. The Kier molecular flexibility index (Phi) is 2.18. The first-order chi connectivity index (χ1) is 6.99. The highest BCUT2D eigenvalue weighted by Gasteiger charge is 2.27. The largest absolute Gasteiger partial charge is 0.475 e. The van der Waals surface area contributed by atoms with E-state index >= 15 is 0 Å². The minimum atomic E-state index is -0.133. The van der Waals surface area contributed by atoms with Crippen LogP contribution in [-0.4, -0.2) is 18.0 Å². The van der Waals surface area contributed by atoms with E-state index in [1.807, 2.05) is 39.0 Å². The molecule has 80 valence electrons. The van der Waals surface area contributed by atoms with Crippen molar-refractivity contribution in [2.24, 2.45) is 4.99 Å². The van der Waals surface area contributed by atoms with Crippen molar-refractivity contribution in [3.8, 4) is 0 Å². The number of anilines is 1. The van der Waals surface area contributed by atoms with Crippen molar-refractivity contribution in [2.45, 2.75) is 26.3 Å². The van der Waals surface area contributed by atoms with Gasteiger partial charge in [0.05, 0.1) is 11.1 Å². The third-order valence-corrected chi connectivity index (χ3v) is 2.52. The molecule has 0 fully saturated rings. The van der Waals surface area contributed by atoms with Crippen LogP contribution in [0.1, 0.15) is 25.0 Å². The summed E-state index contributed by atoms with van der Waals surface area (Å²) in [5.41, 5.74) is 8.58. The summed E-state index contributed by atoms with van der Waals surface area (Å²) in [6.07, 6.45) is 0. The summed E-state index contributed by atoms with van der Waals surface area (Å²) in [6.45, 7) is 6.70. The van der Waals surface area contributed by atoms with Crippen LogP contribution in [0, 0.1) is 6.92 Å².